The number of benzene rings is 1. The van der Waals surface area contributed by atoms with E-state index in [1.165, 1.54) is 23.1 Å². The van der Waals surface area contributed by atoms with Crippen molar-refractivity contribution in [1.82, 2.24) is 0 Å². The zero-order valence-electron chi connectivity index (χ0n) is 10.5. The summed E-state index contributed by atoms with van der Waals surface area (Å²) in [5.74, 6) is 0. The van der Waals surface area contributed by atoms with Crippen LogP contribution in [0.15, 0.2) is 12.1 Å². The van der Waals surface area contributed by atoms with Crippen molar-refractivity contribution >= 4 is 23.9 Å². The van der Waals surface area contributed by atoms with Crippen LogP contribution in [-0.2, 0) is 0 Å². The molecule has 0 spiro atoms. The average molecular weight is 366 g/mol. The van der Waals surface area contributed by atoms with E-state index in [9.17, 15) is 0 Å². The van der Waals surface area contributed by atoms with Gasteiger partial charge in [0.25, 0.3) is 0 Å². The second kappa shape index (κ2) is 15.6. The molecule has 3 heteroatoms. The van der Waals surface area contributed by atoms with Crippen LogP contribution in [0.3, 0.4) is 0 Å². The van der Waals surface area contributed by atoms with E-state index in [4.69, 9.17) is 0 Å². The minimum Gasteiger partial charge on any atom is -1.00 e. The van der Waals surface area contributed by atoms with Crippen LogP contribution in [0, 0.1) is 33.8 Å². The van der Waals surface area contributed by atoms with E-state index in [0.29, 0.717) is 0 Å². The number of aryl methyl sites for hydroxylation is 3. The Hall–Kier alpha value is 0.599. The van der Waals surface area contributed by atoms with Gasteiger partial charge in [0.1, 0.15) is 0 Å². The van der Waals surface area contributed by atoms with Crippen LogP contribution < -0.4 is 24.8 Å². The monoisotopic (exact) mass is 366 g/mol. The molecule has 0 nitrogen and oxygen atoms in total. The molecule has 0 aliphatic rings. The number of hydrogen-bond acceptors (Lipinski definition) is 0. The van der Waals surface area contributed by atoms with Gasteiger partial charge in [-0.1, -0.05) is 44.4 Å². The second-order valence-corrected chi connectivity index (χ2v) is 3.38. The maximum atomic E-state index is 3.60. The first-order valence-electron chi connectivity index (χ1n) is 4.86. The molecule has 0 aliphatic heterocycles. The van der Waals surface area contributed by atoms with Crippen molar-refractivity contribution in [2.24, 2.45) is 0 Å². The molecule has 0 atom stereocenters. The predicted octanol–water partition coefficient (Wildman–Crippen LogP) is -2.34. The van der Waals surface area contributed by atoms with Crippen LogP contribution in [0.1, 0.15) is 36.5 Å². The Labute approximate surface area is 130 Å². The summed E-state index contributed by atoms with van der Waals surface area (Å²) in [6.07, 6.45) is 2.28. The smallest absolute Gasteiger partial charge is 1.00 e. The molecule has 0 fully saturated rings. The Morgan fingerprint density at radius 2 is 1.38 bits per heavy atom. The van der Waals surface area contributed by atoms with E-state index in [0.717, 1.165) is 6.42 Å². The maximum Gasteiger partial charge on any atom is 2.00 e. The molecular weight excluding hydrogens is 346 g/mol. The van der Waals surface area contributed by atoms with Crippen LogP contribution in [0.4, 0.5) is 0 Å². The van der Waals surface area contributed by atoms with Crippen molar-refractivity contribution in [3.05, 3.63) is 41.8 Å². The number of unbranched alkanes of at least 4 members (excludes halogenated alkanes) is 1. The van der Waals surface area contributed by atoms with Crippen LogP contribution in [-0.4, -0.2) is 23.9 Å². The summed E-state index contributed by atoms with van der Waals surface area (Å²) < 4.78 is 0. The van der Waals surface area contributed by atoms with Gasteiger partial charge in [0.2, 0.25) is 0 Å². The molecule has 0 unspecified atom stereocenters. The third-order valence-corrected chi connectivity index (χ3v) is 1.64. The molecule has 16 heavy (non-hydrogen) atoms. The Kier molecular flexibility index (Phi) is 24.8. The topological polar surface area (TPSA) is 0 Å². The molecule has 0 amide bonds. The Balaban J connectivity index is -0.0000000921. The zero-order chi connectivity index (χ0) is 10.3. The fourth-order valence-corrected chi connectivity index (χ4v) is 1.11. The van der Waals surface area contributed by atoms with Gasteiger partial charge in [-0.15, -0.1) is 0 Å². The van der Waals surface area contributed by atoms with E-state index >= 15 is 0 Å². The van der Waals surface area contributed by atoms with Crippen molar-refractivity contribution in [3.63, 3.8) is 0 Å². The molecule has 0 aliphatic carbocycles. The van der Waals surface area contributed by atoms with Crippen LogP contribution in [0.5, 0.6) is 0 Å². The molecule has 1 aromatic carbocycles. The van der Waals surface area contributed by atoms with Gasteiger partial charge in [-0.2, -0.15) is 0 Å². The first-order valence-corrected chi connectivity index (χ1v) is 4.86. The molecule has 0 aromatic heterocycles. The third-order valence-electron chi connectivity index (χ3n) is 1.64. The molecule has 0 heterocycles. The molecule has 0 N–H and O–H groups in total. The number of hydrogen-bond donors (Lipinski definition) is 0. The van der Waals surface area contributed by atoms with Gasteiger partial charge < -0.3 is 24.8 Å². The summed E-state index contributed by atoms with van der Waals surface area (Å²) >= 11 is 0. The summed E-state index contributed by atoms with van der Waals surface area (Å²) in [5.41, 5.74) is 3.78. The van der Waals surface area contributed by atoms with Gasteiger partial charge in [-0.05, 0) is 38.0 Å². The first-order chi connectivity index (χ1) is 6.10. The van der Waals surface area contributed by atoms with E-state index in [2.05, 4.69) is 52.8 Å². The van der Waals surface area contributed by atoms with Crippen LogP contribution in [0.25, 0.3) is 0 Å². The van der Waals surface area contributed by atoms with Crippen molar-refractivity contribution in [2.75, 3.05) is 0 Å². The van der Waals surface area contributed by atoms with E-state index in [1.54, 1.807) is 0 Å². The van der Waals surface area contributed by atoms with Gasteiger partial charge in [0.05, 0.1) is 0 Å². The molecule has 90 valence electrons. The minimum atomic E-state index is 0. The van der Waals surface area contributed by atoms with Crippen molar-refractivity contribution in [2.45, 2.75) is 40.5 Å². The van der Waals surface area contributed by atoms with Crippen molar-refractivity contribution < 1.29 is 24.8 Å². The summed E-state index contributed by atoms with van der Waals surface area (Å²) in [5, 5.41) is 0. The van der Waals surface area contributed by atoms with Crippen LogP contribution >= 0.6 is 0 Å². The van der Waals surface area contributed by atoms with Crippen molar-refractivity contribution in [1.29, 1.82) is 0 Å². The molecule has 1 aromatic rings. The summed E-state index contributed by atoms with van der Waals surface area (Å²) in [4.78, 5) is 0. The van der Waals surface area contributed by atoms with Gasteiger partial charge in [-0.3, -0.25) is 0 Å². The molecular formula is C13H20Cl2Sn. The van der Waals surface area contributed by atoms with Gasteiger partial charge in [0, 0.05) is 0 Å². The minimum absolute atomic E-state index is 0. The Bertz CT molecular complexity index is 197. The number of halogens is 2. The molecule has 1 rings (SSSR count). The third kappa shape index (κ3) is 14.6. The Morgan fingerprint density at radius 3 is 1.56 bits per heavy atom. The Morgan fingerprint density at radius 1 is 1.06 bits per heavy atom. The molecule has 4 radical (unpaired) electrons. The normalized spacial score (nSPS) is 7.31. The average Bonchev–Trinajstić information content (AvgIpc) is 2.02. The molecule has 0 bridgehead atoms. The van der Waals surface area contributed by atoms with E-state index < -0.39 is 0 Å². The van der Waals surface area contributed by atoms with Gasteiger partial charge in [-0.25, -0.2) is 0 Å². The molecule has 0 saturated heterocycles. The number of rotatable bonds is 1. The summed E-state index contributed by atoms with van der Waals surface area (Å²) in [6.45, 7) is 12.0. The van der Waals surface area contributed by atoms with E-state index in [-0.39, 0.29) is 48.7 Å². The predicted molar refractivity (Wildman–Crippen MR) is 65.5 cm³/mol. The SMILES string of the molecule is Cc1[c]c(C)cc(C)c1.[CH2]CCC.[Cl-].[Cl-].[Sn+2]. The van der Waals surface area contributed by atoms with E-state index in [1.807, 2.05) is 0 Å². The van der Waals surface area contributed by atoms with Gasteiger partial charge in [0.15, 0.2) is 0 Å². The standard InChI is InChI=1S/C9H11.C4H9.2ClH.Sn/c1-7-4-8(2)6-9(3)5-7;1-3-4-2;;;/h4-5H,1-3H3;1,3-4H2,2H3;2*1H;/q;;;;+2/p-2. The second-order valence-electron chi connectivity index (χ2n) is 3.38. The summed E-state index contributed by atoms with van der Waals surface area (Å²) in [6, 6.07) is 7.47. The van der Waals surface area contributed by atoms with Gasteiger partial charge >= 0.3 is 23.9 Å². The maximum absolute atomic E-state index is 3.60. The van der Waals surface area contributed by atoms with Crippen LogP contribution in [0.2, 0.25) is 0 Å². The fourth-order valence-electron chi connectivity index (χ4n) is 1.11. The quantitative estimate of drug-likeness (QED) is 0.489. The van der Waals surface area contributed by atoms with Crippen molar-refractivity contribution in [3.8, 4) is 0 Å². The fraction of sp³-hybridized carbons (Fsp3) is 0.462. The summed E-state index contributed by atoms with van der Waals surface area (Å²) in [7, 11) is 0. The molecule has 0 saturated carbocycles. The zero-order valence-corrected chi connectivity index (χ0v) is 14.9. The first kappa shape index (κ1) is 25.4. The largest absolute Gasteiger partial charge is 2.00 e.